The first-order valence-electron chi connectivity index (χ1n) is 8.86. The summed E-state index contributed by atoms with van der Waals surface area (Å²) in [6.07, 6.45) is 2.71. The quantitative estimate of drug-likeness (QED) is 0.827. The first kappa shape index (κ1) is 15.6. The van der Waals surface area contributed by atoms with Gasteiger partial charge in [-0.2, -0.15) is 0 Å². The van der Waals surface area contributed by atoms with Crippen LogP contribution >= 0.6 is 0 Å². The number of benzene rings is 1. The Hall–Kier alpha value is -1.88. The molecule has 1 aromatic rings. The molecule has 1 saturated carbocycles. The molecular formula is C19H24N2O3. The molecule has 0 aromatic heterocycles. The lowest BCUT2D eigenvalue weighted by Crippen LogP contribution is -2.56. The zero-order valence-corrected chi connectivity index (χ0v) is 14.1. The van der Waals surface area contributed by atoms with Crippen molar-refractivity contribution in [2.45, 2.75) is 44.9 Å². The van der Waals surface area contributed by atoms with E-state index in [1.165, 1.54) is 11.1 Å². The van der Waals surface area contributed by atoms with Gasteiger partial charge < -0.3 is 14.5 Å². The summed E-state index contributed by atoms with van der Waals surface area (Å²) >= 11 is 0. The summed E-state index contributed by atoms with van der Waals surface area (Å²) in [7, 11) is 0. The van der Waals surface area contributed by atoms with Crippen LogP contribution in [0.4, 0.5) is 0 Å². The van der Waals surface area contributed by atoms with Crippen molar-refractivity contribution in [3.63, 3.8) is 0 Å². The van der Waals surface area contributed by atoms with Gasteiger partial charge in [0.25, 0.3) is 0 Å². The van der Waals surface area contributed by atoms with Gasteiger partial charge in [0.1, 0.15) is 0 Å². The zero-order chi connectivity index (χ0) is 16.7. The van der Waals surface area contributed by atoms with E-state index in [0.717, 1.165) is 12.8 Å². The molecule has 24 heavy (non-hydrogen) atoms. The van der Waals surface area contributed by atoms with Gasteiger partial charge in [-0.1, -0.05) is 24.3 Å². The molecule has 1 unspecified atom stereocenters. The first-order chi connectivity index (χ1) is 11.6. The standard InChI is InChI=1S/C19H24N2O3/c1-13-4-2-3-5-14(13)12-24-17-10-20(11-17)19(23)15-8-18(22)21(9-15)16-6-7-16/h2-5,15-17H,6-12H2,1H3. The van der Waals surface area contributed by atoms with Gasteiger partial charge in [-0.3, -0.25) is 9.59 Å². The predicted molar refractivity (Wildman–Crippen MR) is 89.2 cm³/mol. The van der Waals surface area contributed by atoms with Crippen molar-refractivity contribution in [2.24, 2.45) is 5.92 Å². The number of ether oxygens (including phenoxy) is 1. The average molecular weight is 328 g/mol. The molecule has 3 aliphatic rings. The molecule has 2 aliphatic heterocycles. The maximum atomic E-state index is 12.5. The van der Waals surface area contributed by atoms with Crippen molar-refractivity contribution in [3.05, 3.63) is 35.4 Å². The molecule has 1 aliphatic carbocycles. The summed E-state index contributed by atoms with van der Waals surface area (Å²) in [6.45, 7) is 4.60. The fraction of sp³-hybridized carbons (Fsp3) is 0.579. The van der Waals surface area contributed by atoms with Crippen molar-refractivity contribution < 1.29 is 14.3 Å². The monoisotopic (exact) mass is 328 g/mol. The summed E-state index contributed by atoms with van der Waals surface area (Å²) < 4.78 is 5.91. The summed E-state index contributed by atoms with van der Waals surface area (Å²) in [6, 6.07) is 8.62. The van der Waals surface area contributed by atoms with Crippen LogP contribution in [-0.2, 0) is 20.9 Å². The molecule has 0 bridgehead atoms. The third-order valence-corrected chi connectivity index (χ3v) is 5.39. The Morgan fingerprint density at radius 3 is 2.67 bits per heavy atom. The summed E-state index contributed by atoms with van der Waals surface area (Å²) in [5.41, 5.74) is 2.43. The number of carbonyl (C=O) groups is 2. The summed E-state index contributed by atoms with van der Waals surface area (Å²) in [5, 5.41) is 0. The molecule has 0 N–H and O–H groups in total. The zero-order valence-electron chi connectivity index (χ0n) is 14.1. The van der Waals surface area contributed by atoms with Gasteiger partial charge in [0.05, 0.1) is 18.6 Å². The van der Waals surface area contributed by atoms with Crippen molar-refractivity contribution >= 4 is 11.8 Å². The van der Waals surface area contributed by atoms with E-state index < -0.39 is 0 Å². The molecule has 1 aromatic carbocycles. The fourth-order valence-corrected chi connectivity index (χ4v) is 3.60. The smallest absolute Gasteiger partial charge is 0.228 e. The maximum absolute atomic E-state index is 12.5. The van der Waals surface area contributed by atoms with E-state index >= 15 is 0 Å². The SMILES string of the molecule is Cc1ccccc1COC1CN(C(=O)C2CC(=O)N(C3CC3)C2)C1. The summed E-state index contributed by atoms with van der Waals surface area (Å²) in [5.74, 6) is 0.140. The highest BCUT2D eigenvalue weighted by atomic mass is 16.5. The van der Waals surface area contributed by atoms with Gasteiger partial charge in [0.2, 0.25) is 11.8 Å². The molecule has 2 heterocycles. The van der Waals surface area contributed by atoms with Gasteiger partial charge >= 0.3 is 0 Å². The van der Waals surface area contributed by atoms with Gasteiger partial charge in [0.15, 0.2) is 0 Å². The second-order valence-corrected chi connectivity index (χ2v) is 7.28. The van der Waals surface area contributed by atoms with Crippen LogP contribution in [0.25, 0.3) is 0 Å². The van der Waals surface area contributed by atoms with Crippen molar-refractivity contribution in [1.29, 1.82) is 0 Å². The van der Waals surface area contributed by atoms with E-state index in [4.69, 9.17) is 4.74 Å². The first-order valence-corrected chi connectivity index (χ1v) is 8.86. The number of hydrogen-bond acceptors (Lipinski definition) is 3. The Labute approximate surface area is 142 Å². The largest absolute Gasteiger partial charge is 0.370 e. The molecule has 2 amide bonds. The molecule has 4 rings (SSSR count). The lowest BCUT2D eigenvalue weighted by atomic mass is 10.0. The molecule has 2 saturated heterocycles. The Bertz CT molecular complexity index is 650. The van der Waals surface area contributed by atoms with Gasteiger partial charge in [0, 0.05) is 32.1 Å². The molecule has 5 nitrogen and oxygen atoms in total. The number of amides is 2. The average Bonchev–Trinajstić information content (AvgIpc) is 3.29. The Balaban J connectivity index is 1.23. The predicted octanol–water partition coefficient (Wildman–Crippen LogP) is 1.73. The Morgan fingerprint density at radius 1 is 1.21 bits per heavy atom. The van der Waals surface area contributed by atoms with Crippen LogP contribution in [0.2, 0.25) is 0 Å². The lowest BCUT2D eigenvalue weighted by molar-refractivity contribution is -0.150. The summed E-state index contributed by atoms with van der Waals surface area (Å²) in [4.78, 5) is 28.3. The minimum Gasteiger partial charge on any atom is -0.370 e. The maximum Gasteiger partial charge on any atom is 0.228 e. The third-order valence-electron chi connectivity index (χ3n) is 5.39. The highest BCUT2D eigenvalue weighted by molar-refractivity contribution is 5.90. The van der Waals surface area contributed by atoms with Crippen molar-refractivity contribution in [2.75, 3.05) is 19.6 Å². The van der Waals surface area contributed by atoms with E-state index in [1.807, 2.05) is 21.9 Å². The third kappa shape index (κ3) is 3.05. The second-order valence-electron chi connectivity index (χ2n) is 7.28. The van der Waals surface area contributed by atoms with E-state index in [9.17, 15) is 9.59 Å². The van der Waals surface area contributed by atoms with E-state index in [-0.39, 0.29) is 23.8 Å². The van der Waals surface area contributed by atoms with E-state index in [1.54, 1.807) is 0 Å². The topological polar surface area (TPSA) is 49.9 Å². The normalized spacial score (nSPS) is 24.4. The van der Waals surface area contributed by atoms with Crippen LogP contribution in [0.15, 0.2) is 24.3 Å². The number of hydrogen-bond donors (Lipinski definition) is 0. The number of likely N-dealkylation sites (tertiary alicyclic amines) is 2. The number of aryl methyl sites for hydroxylation is 1. The number of rotatable bonds is 5. The van der Waals surface area contributed by atoms with Crippen molar-refractivity contribution in [1.82, 2.24) is 9.80 Å². The van der Waals surface area contributed by atoms with Gasteiger partial charge in [-0.15, -0.1) is 0 Å². The van der Waals surface area contributed by atoms with Gasteiger partial charge in [-0.25, -0.2) is 0 Å². The highest BCUT2D eigenvalue weighted by Crippen LogP contribution is 2.33. The lowest BCUT2D eigenvalue weighted by Gasteiger charge is -2.40. The van der Waals surface area contributed by atoms with Gasteiger partial charge in [-0.05, 0) is 30.9 Å². The van der Waals surface area contributed by atoms with Crippen LogP contribution in [0, 0.1) is 12.8 Å². The molecule has 3 fully saturated rings. The Kier molecular flexibility index (Phi) is 4.04. The molecule has 128 valence electrons. The molecular weight excluding hydrogens is 304 g/mol. The number of carbonyl (C=O) groups excluding carboxylic acids is 2. The van der Waals surface area contributed by atoms with E-state index in [2.05, 4.69) is 19.1 Å². The molecule has 0 spiro atoms. The van der Waals surface area contributed by atoms with Crippen molar-refractivity contribution in [3.8, 4) is 0 Å². The minimum absolute atomic E-state index is 0.116. The highest BCUT2D eigenvalue weighted by Gasteiger charge is 2.44. The second kappa shape index (κ2) is 6.20. The molecule has 0 radical (unpaired) electrons. The minimum atomic E-state index is -0.143. The van der Waals surface area contributed by atoms with E-state index in [0.29, 0.717) is 38.7 Å². The van der Waals surface area contributed by atoms with Crippen LogP contribution in [0.3, 0.4) is 0 Å². The van der Waals surface area contributed by atoms with Crippen LogP contribution in [0.1, 0.15) is 30.4 Å². The fourth-order valence-electron chi connectivity index (χ4n) is 3.60. The van der Waals surface area contributed by atoms with Crippen LogP contribution < -0.4 is 0 Å². The van der Waals surface area contributed by atoms with Crippen LogP contribution in [-0.4, -0.2) is 53.4 Å². The molecule has 1 atom stereocenters. The number of nitrogens with zero attached hydrogens (tertiary/aromatic N) is 2. The molecule has 5 heteroatoms. The Morgan fingerprint density at radius 2 is 1.96 bits per heavy atom. The van der Waals surface area contributed by atoms with Crippen LogP contribution in [0.5, 0.6) is 0 Å².